The highest BCUT2D eigenvalue weighted by Gasteiger charge is 2.31. The van der Waals surface area contributed by atoms with Gasteiger partial charge in [0, 0.05) is 43.7 Å². The number of carbonyl (C=O) groups is 5. The summed E-state index contributed by atoms with van der Waals surface area (Å²) in [6.07, 6.45) is 0.387. The first kappa shape index (κ1) is 38.9. The van der Waals surface area contributed by atoms with Crippen LogP contribution in [0.3, 0.4) is 0 Å². The minimum absolute atomic E-state index is 0.0754. The van der Waals surface area contributed by atoms with E-state index in [1.165, 1.54) is 42.4 Å². The molecular weight excluding hydrogens is 678 g/mol. The molecule has 0 radical (unpaired) electrons. The Kier molecular flexibility index (Phi) is 13.6. The summed E-state index contributed by atoms with van der Waals surface area (Å²) in [5, 5.41) is 13.2. The van der Waals surface area contributed by atoms with Gasteiger partial charge >= 0.3 is 0 Å². The lowest BCUT2D eigenvalue weighted by Crippen LogP contribution is -2.57. The van der Waals surface area contributed by atoms with Crippen LogP contribution in [0.15, 0.2) is 53.9 Å². The topological polar surface area (TPSA) is 162 Å². The molecule has 1 aliphatic rings. The number of amides is 5. The van der Waals surface area contributed by atoms with E-state index in [9.17, 15) is 28.4 Å². The molecule has 2 bridgehead atoms. The monoisotopic (exact) mass is 723 g/mol. The van der Waals surface area contributed by atoms with Crippen molar-refractivity contribution in [3.63, 3.8) is 0 Å². The molecule has 5 amide bonds. The third-order valence-corrected chi connectivity index (χ3v) is 9.48. The maximum absolute atomic E-state index is 14.0. The molecule has 1 aromatic heterocycles. The largest absolute Gasteiger partial charge is 0.496 e. The van der Waals surface area contributed by atoms with Crippen LogP contribution in [0, 0.1) is 11.7 Å². The third-order valence-electron chi connectivity index (χ3n) is 8.53. The van der Waals surface area contributed by atoms with Gasteiger partial charge in [-0.1, -0.05) is 50.2 Å². The van der Waals surface area contributed by atoms with Gasteiger partial charge in [-0.3, -0.25) is 28.9 Å². The number of nitrogens with one attached hydrogen (secondary N) is 4. The van der Waals surface area contributed by atoms with Crippen molar-refractivity contribution < 1.29 is 33.1 Å². The van der Waals surface area contributed by atoms with E-state index in [4.69, 9.17) is 4.74 Å². The lowest BCUT2D eigenvalue weighted by molar-refractivity contribution is -0.136. The minimum Gasteiger partial charge on any atom is -0.496 e. The van der Waals surface area contributed by atoms with Crippen LogP contribution in [0.4, 0.5) is 4.39 Å². The van der Waals surface area contributed by atoms with Gasteiger partial charge in [0.25, 0.3) is 5.91 Å². The molecule has 0 saturated carbocycles. The number of aromatic nitrogens is 1. The van der Waals surface area contributed by atoms with Crippen molar-refractivity contribution in [1.82, 2.24) is 36.1 Å². The Bertz CT molecular complexity index is 1700. The van der Waals surface area contributed by atoms with Crippen LogP contribution in [0.2, 0.25) is 0 Å². The SMILES string of the molecule is COc1cc(F)ccc1CN1CCN(C)C(=O)[C@@H](C)NC(=O)[C@H](C(C)C)NC(=O)[C@H](C)NC(=O)c2csc(n2)[C@H](Cc2ccccc2)NC(=O)C1. The van der Waals surface area contributed by atoms with Crippen molar-refractivity contribution in [2.24, 2.45) is 5.92 Å². The summed E-state index contributed by atoms with van der Waals surface area (Å²) in [5.41, 5.74) is 1.65. The van der Waals surface area contributed by atoms with Gasteiger partial charge in [-0.05, 0) is 37.8 Å². The van der Waals surface area contributed by atoms with Crippen molar-refractivity contribution in [2.75, 3.05) is 33.8 Å². The zero-order chi connectivity index (χ0) is 37.2. The van der Waals surface area contributed by atoms with E-state index < -0.39 is 47.7 Å². The second kappa shape index (κ2) is 17.9. The quantitative estimate of drug-likeness (QED) is 0.302. The molecule has 3 aromatic rings. The number of hydrogen-bond donors (Lipinski definition) is 4. The van der Waals surface area contributed by atoms with Gasteiger partial charge in [0.05, 0.1) is 19.7 Å². The fourth-order valence-electron chi connectivity index (χ4n) is 5.60. The first-order chi connectivity index (χ1) is 24.2. The molecular formula is C36H46FN7O6S. The van der Waals surface area contributed by atoms with Gasteiger partial charge in [0.15, 0.2) is 0 Å². The van der Waals surface area contributed by atoms with Crippen LogP contribution in [0.5, 0.6) is 5.75 Å². The van der Waals surface area contributed by atoms with E-state index in [1.807, 2.05) is 35.2 Å². The van der Waals surface area contributed by atoms with Crippen molar-refractivity contribution in [3.8, 4) is 5.75 Å². The molecule has 0 aliphatic carbocycles. The smallest absolute Gasteiger partial charge is 0.271 e. The molecule has 15 heteroatoms. The Morgan fingerprint density at radius 2 is 1.67 bits per heavy atom. The van der Waals surface area contributed by atoms with Crippen LogP contribution >= 0.6 is 11.3 Å². The van der Waals surface area contributed by atoms with Crippen LogP contribution in [-0.4, -0.2) is 96.2 Å². The molecule has 274 valence electrons. The molecule has 1 aliphatic heterocycles. The summed E-state index contributed by atoms with van der Waals surface area (Å²) >= 11 is 1.20. The number of nitrogens with zero attached hydrogens (tertiary/aromatic N) is 3. The van der Waals surface area contributed by atoms with E-state index in [0.717, 1.165) is 5.56 Å². The highest BCUT2D eigenvalue weighted by atomic mass is 32.1. The summed E-state index contributed by atoms with van der Waals surface area (Å²) in [5.74, 6) is -2.93. The fraction of sp³-hybridized carbons (Fsp3) is 0.444. The molecule has 0 saturated heterocycles. The Labute approximate surface area is 301 Å². The predicted octanol–water partition coefficient (Wildman–Crippen LogP) is 2.43. The Hall–Kier alpha value is -4.89. The van der Waals surface area contributed by atoms with Crippen molar-refractivity contribution in [2.45, 2.75) is 64.8 Å². The van der Waals surface area contributed by atoms with E-state index >= 15 is 0 Å². The molecule has 4 N–H and O–H groups in total. The maximum Gasteiger partial charge on any atom is 0.271 e. The number of methoxy groups -OCH3 is 1. The molecule has 4 rings (SSSR count). The summed E-state index contributed by atoms with van der Waals surface area (Å²) in [6, 6.07) is 10.2. The van der Waals surface area contributed by atoms with Crippen LogP contribution in [-0.2, 0) is 32.1 Å². The van der Waals surface area contributed by atoms with Crippen LogP contribution in [0.1, 0.15) is 60.4 Å². The second-order valence-corrected chi connectivity index (χ2v) is 13.9. The molecule has 2 aromatic carbocycles. The third kappa shape index (κ3) is 10.8. The zero-order valence-electron chi connectivity index (χ0n) is 29.7. The standard InChI is InChI=1S/C36H46FN7O6S/c1-21(2)31-34(48)39-23(4)36(49)43(5)14-15-44(18-25-12-13-26(37)17-29(25)50-6)19-30(45)40-27(16-24-10-8-7-9-11-24)35-41-28(20-51-35)33(47)38-22(3)32(46)42-31/h7-13,17,20-23,27,31H,14-16,18-19H2,1-6H3,(H,38,47)(H,39,48)(H,40,45)(H,42,46)/t22-,23+,27-,31-/m0/s1. The number of hydrogen-bond acceptors (Lipinski definition) is 9. The maximum atomic E-state index is 14.0. The van der Waals surface area contributed by atoms with Crippen molar-refractivity contribution in [3.05, 3.63) is 81.6 Å². The van der Waals surface area contributed by atoms with Gasteiger partial charge in [0.2, 0.25) is 23.6 Å². The van der Waals surface area contributed by atoms with Crippen LogP contribution < -0.4 is 26.0 Å². The lowest BCUT2D eigenvalue weighted by atomic mass is 10.0. The summed E-state index contributed by atoms with van der Waals surface area (Å²) in [6.45, 7) is 7.10. The number of carbonyl (C=O) groups excluding carboxylic acids is 5. The van der Waals surface area contributed by atoms with Gasteiger partial charge < -0.3 is 30.9 Å². The predicted molar refractivity (Wildman–Crippen MR) is 190 cm³/mol. The highest BCUT2D eigenvalue weighted by molar-refractivity contribution is 7.09. The first-order valence-corrected chi connectivity index (χ1v) is 17.6. The van der Waals surface area contributed by atoms with Gasteiger partial charge in [0.1, 0.15) is 40.4 Å². The lowest BCUT2D eigenvalue weighted by Gasteiger charge is -2.29. The number of fused-ring (bicyclic) bond motifs is 2. The number of likely N-dealkylation sites (N-methyl/N-ethyl adjacent to an activating group) is 1. The molecule has 0 fully saturated rings. The number of thiazole rings is 1. The first-order valence-electron chi connectivity index (χ1n) is 16.8. The van der Waals surface area contributed by atoms with Gasteiger partial charge in [-0.25, -0.2) is 9.37 Å². The van der Waals surface area contributed by atoms with E-state index in [1.54, 1.807) is 39.3 Å². The molecule has 13 nitrogen and oxygen atoms in total. The molecule has 2 heterocycles. The molecule has 4 atom stereocenters. The number of benzene rings is 2. The Morgan fingerprint density at radius 1 is 0.941 bits per heavy atom. The molecule has 0 spiro atoms. The van der Waals surface area contributed by atoms with E-state index in [-0.39, 0.29) is 49.6 Å². The van der Waals surface area contributed by atoms with Crippen LogP contribution in [0.25, 0.3) is 0 Å². The van der Waals surface area contributed by atoms with E-state index in [2.05, 4.69) is 26.3 Å². The number of halogens is 1. The van der Waals surface area contributed by atoms with Gasteiger partial charge in [-0.2, -0.15) is 0 Å². The number of ether oxygens (including phenoxy) is 1. The molecule has 51 heavy (non-hydrogen) atoms. The summed E-state index contributed by atoms with van der Waals surface area (Å²) in [7, 11) is 3.03. The average Bonchev–Trinajstić information content (AvgIpc) is 3.60. The van der Waals surface area contributed by atoms with E-state index in [0.29, 0.717) is 22.7 Å². The normalized spacial score (nSPS) is 22.0. The van der Waals surface area contributed by atoms with Crippen molar-refractivity contribution in [1.29, 1.82) is 0 Å². The Balaban J connectivity index is 1.68. The second-order valence-electron chi connectivity index (χ2n) is 13.0. The summed E-state index contributed by atoms with van der Waals surface area (Å²) < 4.78 is 19.4. The number of rotatable bonds is 6. The molecule has 0 unspecified atom stereocenters. The summed E-state index contributed by atoms with van der Waals surface area (Å²) in [4.78, 5) is 74.6. The zero-order valence-corrected chi connectivity index (χ0v) is 30.5. The highest BCUT2D eigenvalue weighted by Crippen LogP contribution is 2.24. The fourth-order valence-corrected chi connectivity index (χ4v) is 6.44. The average molecular weight is 724 g/mol. The van der Waals surface area contributed by atoms with Crippen molar-refractivity contribution >= 4 is 40.9 Å². The van der Waals surface area contributed by atoms with Gasteiger partial charge in [-0.15, -0.1) is 11.3 Å². The Morgan fingerprint density at radius 3 is 2.35 bits per heavy atom. The minimum atomic E-state index is -1.01.